The van der Waals surface area contributed by atoms with Crippen molar-refractivity contribution >= 4 is 23.0 Å². The first-order valence-corrected chi connectivity index (χ1v) is 8.07. The number of anilines is 1. The molecule has 6 heteroatoms. The van der Waals surface area contributed by atoms with Crippen LogP contribution < -0.4 is 14.8 Å². The lowest BCUT2D eigenvalue weighted by Gasteiger charge is -2.31. The molecule has 0 aromatic heterocycles. The maximum atomic E-state index is 13.0. The van der Waals surface area contributed by atoms with Crippen LogP contribution in [0.2, 0.25) is 0 Å². The van der Waals surface area contributed by atoms with Crippen molar-refractivity contribution in [2.45, 2.75) is 13.0 Å². The van der Waals surface area contributed by atoms with E-state index in [2.05, 4.69) is 10.2 Å². The second kappa shape index (κ2) is 7.05. The lowest BCUT2D eigenvalue weighted by molar-refractivity contribution is 0.348. The first kappa shape index (κ1) is 16.5. The molecule has 1 heterocycles. The van der Waals surface area contributed by atoms with Crippen LogP contribution in [-0.4, -0.2) is 30.8 Å². The zero-order valence-corrected chi connectivity index (χ0v) is 14.5. The molecule has 0 aliphatic carbocycles. The predicted molar refractivity (Wildman–Crippen MR) is 96.3 cm³/mol. The summed E-state index contributed by atoms with van der Waals surface area (Å²) in [7, 11) is 3.27. The third-order valence-corrected chi connectivity index (χ3v) is 4.46. The molecule has 1 N–H and O–H groups in total. The van der Waals surface area contributed by atoms with Crippen molar-refractivity contribution in [1.82, 2.24) is 4.90 Å². The van der Waals surface area contributed by atoms with Crippen LogP contribution in [0.4, 0.5) is 10.1 Å². The molecule has 2 aromatic rings. The molecule has 4 nitrogen and oxygen atoms in total. The van der Waals surface area contributed by atoms with E-state index in [-0.39, 0.29) is 5.82 Å². The van der Waals surface area contributed by atoms with Crippen molar-refractivity contribution in [3.05, 3.63) is 53.3 Å². The van der Waals surface area contributed by atoms with Crippen LogP contribution >= 0.6 is 12.2 Å². The van der Waals surface area contributed by atoms with Gasteiger partial charge in [-0.25, -0.2) is 4.39 Å². The quantitative estimate of drug-likeness (QED) is 0.859. The highest BCUT2D eigenvalue weighted by Crippen LogP contribution is 2.33. The summed E-state index contributed by atoms with van der Waals surface area (Å²) in [5, 5.41) is 3.78. The number of rotatable bonds is 3. The Hall–Kier alpha value is -2.34. The Balaban J connectivity index is 1.74. The summed E-state index contributed by atoms with van der Waals surface area (Å²) < 4.78 is 23.7. The van der Waals surface area contributed by atoms with Crippen LogP contribution in [0.5, 0.6) is 11.5 Å². The van der Waals surface area contributed by atoms with Gasteiger partial charge in [0.25, 0.3) is 0 Å². The minimum Gasteiger partial charge on any atom is -0.493 e. The standard InChI is InChI=1S/C18H19FN2O2S/c1-22-16-9-12-7-8-21(11-13(12)10-17(16)23-2)18(24)20-15-5-3-14(19)4-6-15/h3-6,9-10H,7-8,11H2,1-2H3,(H,20,24). The zero-order valence-electron chi connectivity index (χ0n) is 13.6. The Morgan fingerprint density at radius 2 is 1.71 bits per heavy atom. The average Bonchev–Trinajstić information content (AvgIpc) is 2.61. The molecule has 2 aromatic carbocycles. The Morgan fingerprint density at radius 1 is 1.08 bits per heavy atom. The van der Waals surface area contributed by atoms with E-state index in [0.29, 0.717) is 11.7 Å². The van der Waals surface area contributed by atoms with Gasteiger partial charge in [-0.1, -0.05) is 0 Å². The van der Waals surface area contributed by atoms with Gasteiger partial charge in [-0.3, -0.25) is 0 Å². The SMILES string of the molecule is COc1cc2c(cc1OC)CN(C(=S)Nc1ccc(F)cc1)CC2. The van der Waals surface area contributed by atoms with Crippen molar-refractivity contribution < 1.29 is 13.9 Å². The highest BCUT2D eigenvalue weighted by Gasteiger charge is 2.21. The molecule has 1 aliphatic rings. The van der Waals surface area contributed by atoms with E-state index in [1.165, 1.54) is 23.3 Å². The summed E-state index contributed by atoms with van der Waals surface area (Å²) in [5.41, 5.74) is 3.19. The van der Waals surface area contributed by atoms with Gasteiger partial charge in [0.05, 0.1) is 14.2 Å². The van der Waals surface area contributed by atoms with Crippen molar-refractivity contribution in [2.24, 2.45) is 0 Å². The Bertz CT molecular complexity index is 749. The highest BCUT2D eigenvalue weighted by atomic mass is 32.1. The molecular weight excluding hydrogens is 327 g/mol. The van der Waals surface area contributed by atoms with E-state index in [9.17, 15) is 4.39 Å². The molecule has 126 valence electrons. The summed E-state index contributed by atoms with van der Waals surface area (Å²) in [6.45, 7) is 1.51. The number of methoxy groups -OCH3 is 2. The molecule has 0 saturated heterocycles. The second-order valence-electron chi connectivity index (χ2n) is 5.58. The summed E-state index contributed by atoms with van der Waals surface area (Å²) >= 11 is 5.49. The van der Waals surface area contributed by atoms with Gasteiger partial charge in [0.2, 0.25) is 0 Å². The van der Waals surface area contributed by atoms with Gasteiger partial charge in [0.1, 0.15) is 5.82 Å². The largest absolute Gasteiger partial charge is 0.493 e. The molecule has 3 rings (SSSR count). The zero-order chi connectivity index (χ0) is 17.1. The van der Waals surface area contributed by atoms with Crippen LogP contribution in [0.3, 0.4) is 0 Å². The summed E-state index contributed by atoms with van der Waals surface area (Å²) in [5.74, 6) is 1.20. The third kappa shape index (κ3) is 3.43. The molecule has 1 aliphatic heterocycles. The number of thiocarbonyl (C=S) groups is 1. The van der Waals surface area contributed by atoms with Crippen molar-refractivity contribution in [1.29, 1.82) is 0 Å². The minimum atomic E-state index is -0.264. The van der Waals surface area contributed by atoms with Gasteiger partial charge in [-0.05, 0) is 66.2 Å². The number of nitrogens with one attached hydrogen (secondary N) is 1. The molecule has 0 atom stereocenters. The first-order chi connectivity index (χ1) is 11.6. The van der Waals surface area contributed by atoms with Crippen molar-refractivity contribution in [3.8, 4) is 11.5 Å². The number of halogens is 1. The van der Waals surface area contributed by atoms with E-state index in [0.717, 1.165) is 30.2 Å². The molecule has 0 spiro atoms. The van der Waals surface area contributed by atoms with E-state index >= 15 is 0 Å². The molecule has 24 heavy (non-hydrogen) atoms. The number of ether oxygens (including phenoxy) is 2. The normalized spacial score (nSPS) is 13.2. The van der Waals surface area contributed by atoms with Crippen molar-refractivity contribution in [2.75, 3.05) is 26.1 Å². The smallest absolute Gasteiger partial charge is 0.173 e. The van der Waals surface area contributed by atoms with Gasteiger partial charge in [-0.15, -0.1) is 0 Å². The fraction of sp³-hybridized carbons (Fsp3) is 0.278. The van der Waals surface area contributed by atoms with Crippen LogP contribution in [0.15, 0.2) is 36.4 Å². The maximum absolute atomic E-state index is 13.0. The van der Waals surface area contributed by atoms with Gasteiger partial charge >= 0.3 is 0 Å². The van der Waals surface area contributed by atoms with Gasteiger partial charge < -0.3 is 19.7 Å². The average molecular weight is 346 g/mol. The van der Waals surface area contributed by atoms with Gasteiger partial charge in [-0.2, -0.15) is 0 Å². The highest BCUT2D eigenvalue weighted by molar-refractivity contribution is 7.80. The lowest BCUT2D eigenvalue weighted by Crippen LogP contribution is -2.38. The molecular formula is C18H19FN2O2S. The Kier molecular flexibility index (Phi) is 4.85. The van der Waals surface area contributed by atoms with Crippen molar-refractivity contribution in [3.63, 3.8) is 0 Å². The molecule has 0 fully saturated rings. The third-order valence-electron chi connectivity index (χ3n) is 4.10. The summed E-state index contributed by atoms with van der Waals surface area (Å²) in [4.78, 5) is 2.09. The lowest BCUT2D eigenvalue weighted by atomic mass is 9.99. The number of nitrogens with zero attached hydrogens (tertiary/aromatic N) is 1. The maximum Gasteiger partial charge on any atom is 0.173 e. The van der Waals surface area contributed by atoms with E-state index < -0.39 is 0 Å². The van der Waals surface area contributed by atoms with Crippen LogP contribution in [-0.2, 0) is 13.0 Å². The van der Waals surface area contributed by atoms with Gasteiger partial charge in [0, 0.05) is 18.8 Å². The summed E-state index contributed by atoms with van der Waals surface area (Å²) in [6, 6.07) is 10.2. The van der Waals surface area contributed by atoms with E-state index in [4.69, 9.17) is 21.7 Å². The van der Waals surface area contributed by atoms with E-state index in [1.807, 2.05) is 12.1 Å². The molecule has 0 saturated carbocycles. The monoisotopic (exact) mass is 346 g/mol. The Labute approximate surface area is 146 Å². The first-order valence-electron chi connectivity index (χ1n) is 7.66. The van der Waals surface area contributed by atoms with Gasteiger partial charge in [0.15, 0.2) is 16.6 Å². The fourth-order valence-corrected chi connectivity index (χ4v) is 3.07. The van der Waals surface area contributed by atoms with Crippen LogP contribution in [0.1, 0.15) is 11.1 Å². The molecule has 0 bridgehead atoms. The number of fused-ring (bicyclic) bond motifs is 1. The minimum absolute atomic E-state index is 0.264. The fourth-order valence-electron chi connectivity index (χ4n) is 2.79. The molecule has 0 unspecified atom stereocenters. The number of benzene rings is 2. The molecule has 0 amide bonds. The number of hydrogen-bond acceptors (Lipinski definition) is 3. The predicted octanol–water partition coefficient (Wildman–Crippen LogP) is 3.60. The van der Waals surface area contributed by atoms with Crippen LogP contribution in [0.25, 0.3) is 0 Å². The van der Waals surface area contributed by atoms with E-state index in [1.54, 1.807) is 26.4 Å². The molecule has 0 radical (unpaired) electrons. The number of hydrogen-bond donors (Lipinski definition) is 1. The summed E-state index contributed by atoms with van der Waals surface area (Å²) in [6.07, 6.45) is 0.876. The second-order valence-corrected chi connectivity index (χ2v) is 5.97. The topological polar surface area (TPSA) is 33.7 Å². The van der Waals surface area contributed by atoms with Crippen LogP contribution in [0, 0.1) is 5.82 Å². The Morgan fingerprint density at radius 3 is 2.33 bits per heavy atom.